The SMILES string of the molecule is COc1ncccc1-c1c(-c2ccc(F)c(F)c2)ncn1CCC(=O)N(C)C. The first-order valence-electron chi connectivity index (χ1n) is 8.62. The highest BCUT2D eigenvalue weighted by Gasteiger charge is 2.20. The molecule has 0 atom stereocenters. The van der Waals surface area contributed by atoms with Crippen LogP contribution in [0.2, 0.25) is 0 Å². The van der Waals surface area contributed by atoms with Crippen LogP contribution in [0.5, 0.6) is 5.88 Å². The average molecular weight is 386 g/mol. The fourth-order valence-corrected chi connectivity index (χ4v) is 2.86. The number of imidazole rings is 1. The van der Waals surface area contributed by atoms with Crippen LogP contribution in [-0.4, -0.2) is 46.5 Å². The number of methoxy groups -OCH3 is 1. The van der Waals surface area contributed by atoms with Gasteiger partial charge < -0.3 is 14.2 Å². The number of amides is 1. The van der Waals surface area contributed by atoms with Gasteiger partial charge in [-0.15, -0.1) is 0 Å². The molecular formula is C20H20F2N4O2. The van der Waals surface area contributed by atoms with Crippen molar-refractivity contribution in [2.24, 2.45) is 0 Å². The zero-order valence-corrected chi connectivity index (χ0v) is 15.8. The third-order valence-electron chi connectivity index (χ3n) is 4.32. The molecule has 0 radical (unpaired) electrons. The largest absolute Gasteiger partial charge is 0.481 e. The zero-order valence-electron chi connectivity index (χ0n) is 15.8. The number of hydrogen-bond acceptors (Lipinski definition) is 4. The van der Waals surface area contributed by atoms with E-state index in [0.717, 1.165) is 12.1 Å². The van der Waals surface area contributed by atoms with Crippen molar-refractivity contribution < 1.29 is 18.3 Å². The number of carbonyl (C=O) groups excluding carboxylic acids is 1. The molecule has 1 amide bonds. The maximum atomic E-state index is 13.8. The van der Waals surface area contributed by atoms with Crippen LogP contribution in [0.25, 0.3) is 22.5 Å². The van der Waals surface area contributed by atoms with Gasteiger partial charge in [-0.1, -0.05) is 0 Å². The smallest absolute Gasteiger partial charge is 0.223 e. The first-order chi connectivity index (χ1) is 13.4. The number of nitrogens with zero attached hydrogens (tertiary/aromatic N) is 4. The van der Waals surface area contributed by atoms with Gasteiger partial charge in [0.2, 0.25) is 11.8 Å². The van der Waals surface area contributed by atoms with Crippen molar-refractivity contribution in [2.75, 3.05) is 21.2 Å². The Labute approximate surface area is 161 Å². The molecule has 0 N–H and O–H groups in total. The van der Waals surface area contributed by atoms with E-state index in [1.165, 1.54) is 18.1 Å². The van der Waals surface area contributed by atoms with Gasteiger partial charge in [0.15, 0.2) is 11.6 Å². The number of halogens is 2. The van der Waals surface area contributed by atoms with E-state index in [9.17, 15) is 13.6 Å². The lowest BCUT2D eigenvalue weighted by Crippen LogP contribution is -2.22. The van der Waals surface area contributed by atoms with Gasteiger partial charge in [-0.25, -0.2) is 18.7 Å². The minimum atomic E-state index is -0.959. The van der Waals surface area contributed by atoms with Crippen LogP contribution in [0.4, 0.5) is 8.78 Å². The van der Waals surface area contributed by atoms with E-state index in [-0.39, 0.29) is 12.3 Å². The molecule has 0 aliphatic heterocycles. The van der Waals surface area contributed by atoms with Crippen molar-refractivity contribution in [3.8, 4) is 28.4 Å². The standard InChI is InChI=1S/C20H20F2N4O2/c1-25(2)17(27)8-10-26-12-24-18(13-6-7-15(21)16(22)11-13)19(26)14-5-4-9-23-20(14)28-3/h4-7,9,11-12H,8,10H2,1-3H3. The highest BCUT2D eigenvalue weighted by atomic mass is 19.2. The van der Waals surface area contributed by atoms with E-state index in [0.29, 0.717) is 34.9 Å². The van der Waals surface area contributed by atoms with Gasteiger partial charge in [-0.05, 0) is 30.3 Å². The van der Waals surface area contributed by atoms with E-state index < -0.39 is 11.6 Å². The second-order valence-corrected chi connectivity index (χ2v) is 6.36. The summed E-state index contributed by atoms with van der Waals surface area (Å²) >= 11 is 0. The molecule has 3 rings (SSSR count). The molecule has 0 bridgehead atoms. The van der Waals surface area contributed by atoms with Crippen LogP contribution in [-0.2, 0) is 11.3 Å². The molecule has 0 saturated heterocycles. The number of aromatic nitrogens is 3. The Bertz CT molecular complexity index is 1000. The molecule has 0 aliphatic rings. The zero-order chi connectivity index (χ0) is 20.3. The second-order valence-electron chi connectivity index (χ2n) is 6.36. The van der Waals surface area contributed by atoms with Crippen molar-refractivity contribution >= 4 is 5.91 Å². The molecule has 6 nitrogen and oxygen atoms in total. The highest BCUT2D eigenvalue weighted by Crippen LogP contribution is 2.36. The van der Waals surface area contributed by atoms with E-state index in [2.05, 4.69) is 9.97 Å². The number of aryl methyl sites for hydroxylation is 1. The van der Waals surface area contributed by atoms with Crippen LogP contribution in [0.3, 0.4) is 0 Å². The van der Waals surface area contributed by atoms with Crippen molar-refractivity contribution in [1.29, 1.82) is 0 Å². The van der Waals surface area contributed by atoms with Crippen LogP contribution in [0, 0.1) is 11.6 Å². The predicted octanol–water partition coefficient (Wildman–Crippen LogP) is 3.38. The number of carbonyl (C=O) groups is 1. The van der Waals surface area contributed by atoms with Crippen LogP contribution in [0.15, 0.2) is 42.9 Å². The molecular weight excluding hydrogens is 366 g/mol. The third-order valence-corrected chi connectivity index (χ3v) is 4.32. The molecule has 28 heavy (non-hydrogen) atoms. The van der Waals surface area contributed by atoms with Gasteiger partial charge in [0.05, 0.1) is 30.4 Å². The number of ether oxygens (including phenoxy) is 1. The highest BCUT2D eigenvalue weighted by molar-refractivity contribution is 5.81. The Morgan fingerprint density at radius 3 is 2.64 bits per heavy atom. The Balaban J connectivity index is 2.12. The molecule has 0 spiro atoms. The van der Waals surface area contributed by atoms with E-state index >= 15 is 0 Å². The summed E-state index contributed by atoms with van der Waals surface area (Å²) in [5, 5.41) is 0. The lowest BCUT2D eigenvalue weighted by molar-refractivity contribution is -0.128. The fraction of sp³-hybridized carbons (Fsp3) is 0.250. The number of pyridine rings is 1. The van der Waals surface area contributed by atoms with E-state index in [1.54, 1.807) is 43.3 Å². The van der Waals surface area contributed by atoms with E-state index in [4.69, 9.17) is 4.74 Å². The molecule has 0 saturated carbocycles. The van der Waals surface area contributed by atoms with Gasteiger partial charge in [-0.3, -0.25) is 4.79 Å². The molecule has 2 heterocycles. The van der Waals surface area contributed by atoms with E-state index in [1.807, 2.05) is 0 Å². The average Bonchev–Trinajstić information content (AvgIpc) is 3.11. The second kappa shape index (κ2) is 8.16. The van der Waals surface area contributed by atoms with Gasteiger partial charge in [0.1, 0.15) is 0 Å². The molecule has 1 aromatic carbocycles. The number of rotatable bonds is 6. The summed E-state index contributed by atoms with van der Waals surface area (Å²) in [5.41, 5.74) is 2.11. The quantitative estimate of drug-likeness (QED) is 0.652. The maximum Gasteiger partial charge on any atom is 0.223 e. The first-order valence-corrected chi connectivity index (χ1v) is 8.62. The van der Waals surface area contributed by atoms with Crippen molar-refractivity contribution in [2.45, 2.75) is 13.0 Å². The van der Waals surface area contributed by atoms with Gasteiger partial charge >= 0.3 is 0 Å². The van der Waals surface area contributed by atoms with Crippen molar-refractivity contribution in [1.82, 2.24) is 19.4 Å². The minimum Gasteiger partial charge on any atom is -0.481 e. The summed E-state index contributed by atoms with van der Waals surface area (Å²) in [7, 11) is 4.88. The lowest BCUT2D eigenvalue weighted by atomic mass is 10.0. The normalized spacial score (nSPS) is 10.8. The molecule has 0 unspecified atom stereocenters. The van der Waals surface area contributed by atoms with Crippen LogP contribution in [0.1, 0.15) is 6.42 Å². The Morgan fingerprint density at radius 1 is 1.18 bits per heavy atom. The van der Waals surface area contributed by atoms with Crippen molar-refractivity contribution in [3.05, 3.63) is 54.5 Å². The predicted molar refractivity (Wildman–Crippen MR) is 101 cm³/mol. The third kappa shape index (κ3) is 3.85. The number of benzene rings is 1. The number of hydrogen-bond donors (Lipinski definition) is 0. The van der Waals surface area contributed by atoms with Crippen LogP contribution >= 0.6 is 0 Å². The van der Waals surface area contributed by atoms with Crippen molar-refractivity contribution in [3.63, 3.8) is 0 Å². The molecule has 2 aromatic heterocycles. The van der Waals surface area contributed by atoms with Gasteiger partial charge in [-0.2, -0.15) is 0 Å². The molecule has 0 aliphatic carbocycles. The summed E-state index contributed by atoms with van der Waals surface area (Å²) in [6, 6.07) is 7.16. The summed E-state index contributed by atoms with van der Waals surface area (Å²) in [5.74, 6) is -1.56. The summed E-state index contributed by atoms with van der Waals surface area (Å²) < 4.78 is 34.3. The minimum absolute atomic E-state index is 0.0350. The Morgan fingerprint density at radius 2 is 1.96 bits per heavy atom. The lowest BCUT2D eigenvalue weighted by Gasteiger charge is -2.14. The molecule has 0 fully saturated rings. The summed E-state index contributed by atoms with van der Waals surface area (Å²) in [6.07, 6.45) is 3.42. The molecule has 8 heteroatoms. The summed E-state index contributed by atoms with van der Waals surface area (Å²) in [6.45, 7) is 0.362. The topological polar surface area (TPSA) is 60.3 Å². The van der Waals surface area contributed by atoms with Gasteiger partial charge in [0, 0.05) is 38.8 Å². The van der Waals surface area contributed by atoms with Gasteiger partial charge in [0.25, 0.3) is 0 Å². The Kier molecular flexibility index (Phi) is 5.67. The maximum absolute atomic E-state index is 13.8. The molecule has 146 valence electrons. The Hall–Kier alpha value is -3.29. The first kappa shape index (κ1) is 19.5. The summed E-state index contributed by atoms with van der Waals surface area (Å²) in [4.78, 5) is 22.1. The fourth-order valence-electron chi connectivity index (χ4n) is 2.86. The van der Waals surface area contributed by atoms with Crippen LogP contribution < -0.4 is 4.74 Å². The molecule has 3 aromatic rings. The monoisotopic (exact) mass is 386 g/mol.